The molecule has 96 valence electrons. The van der Waals surface area contributed by atoms with Crippen LogP contribution < -0.4 is 0 Å². The van der Waals surface area contributed by atoms with E-state index in [1.807, 2.05) is 6.07 Å². The molecule has 2 heteroatoms. The molecule has 18 heavy (non-hydrogen) atoms. The fourth-order valence-electron chi connectivity index (χ4n) is 2.87. The van der Waals surface area contributed by atoms with Gasteiger partial charge in [0, 0.05) is 6.42 Å². The Morgan fingerprint density at radius 3 is 2.72 bits per heavy atom. The van der Waals surface area contributed by atoms with Crippen molar-refractivity contribution in [3.63, 3.8) is 0 Å². The van der Waals surface area contributed by atoms with Crippen LogP contribution in [0.2, 0.25) is 0 Å². The first-order chi connectivity index (χ1) is 8.83. The van der Waals surface area contributed by atoms with Crippen LogP contribution in [0.5, 0.6) is 0 Å². The van der Waals surface area contributed by atoms with E-state index in [2.05, 4.69) is 43.3 Å². The van der Waals surface area contributed by atoms with Gasteiger partial charge in [-0.15, -0.1) is 0 Å². The molecular formula is C16H20O2. The van der Waals surface area contributed by atoms with Crippen molar-refractivity contribution in [2.75, 3.05) is 0 Å². The van der Waals surface area contributed by atoms with Crippen LogP contribution in [0.25, 0.3) is 0 Å². The van der Waals surface area contributed by atoms with Crippen LogP contribution in [0, 0.1) is 0 Å². The van der Waals surface area contributed by atoms with E-state index >= 15 is 0 Å². The van der Waals surface area contributed by atoms with Gasteiger partial charge in [0.05, 0.1) is 6.10 Å². The molecule has 1 spiro atoms. The average Bonchev–Trinajstić information content (AvgIpc) is 2.79. The number of hydrogen-bond acceptors (Lipinski definition) is 2. The molecule has 0 radical (unpaired) electrons. The van der Waals surface area contributed by atoms with Crippen molar-refractivity contribution in [2.24, 2.45) is 0 Å². The Bertz CT molecular complexity index is 426. The topological polar surface area (TPSA) is 18.5 Å². The van der Waals surface area contributed by atoms with E-state index in [9.17, 15) is 0 Å². The van der Waals surface area contributed by atoms with Gasteiger partial charge in [0.15, 0.2) is 5.79 Å². The molecule has 1 heterocycles. The molecule has 0 bridgehead atoms. The molecule has 1 aromatic rings. The van der Waals surface area contributed by atoms with Gasteiger partial charge in [-0.05, 0) is 30.9 Å². The SMILES string of the molecule is CC[C@H]1OC2(C=CCCC2)O[C@@H]1c1ccccc1. The molecule has 1 aliphatic heterocycles. The molecule has 3 atom stereocenters. The average molecular weight is 244 g/mol. The van der Waals surface area contributed by atoms with Gasteiger partial charge in [-0.3, -0.25) is 0 Å². The molecule has 1 saturated heterocycles. The number of allylic oxidation sites excluding steroid dienone is 1. The third-order valence-corrected chi connectivity index (χ3v) is 3.81. The highest BCUT2D eigenvalue weighted by atomic mass is 16.8. The fraction of sp³-hybridized carbons (Fsp3) is 0.500. The zero-order chi connectivity index (χ0) is 12.4. The summed E-state index contributed by atoms with van der Waals surface area (Å²) in [6.45, 7) is 2.16. The highest BCUT2D eigenvalue weighted by Crippen LogP contribution is 2.44. The van der Waals surface area contributed by atoms with Crippen molar-refractivity contribution in [1.82, 2.24) is 0 Å². The van der Waals surface area contributed by atoms with Gasteiger partial charge in [0.2, 0.25) is 0 Å². The smallest absolute Gasteiger partial charge is 0.189 e. The molecule has 1 aromatic carbocycles. The lowest BCUT2D eigenvalue weighted by atomic mass is 10.0. The number of hydrogen-bond donors (Lipinski definition) is 0. The molecule has 1 unspecified atom stereocenters. The summed E-state index contributed by atoms with van der Waals surface area (Å²) in [6, 6.07) is 10.4. The maximum Gasteiger partial charge on any atom is 0.189 e. The highest BCUT2D eigenvalue weighted by Gasteiger charge is 2.45. The van der Waals surface area contributed by atoms with Crippen molar-refractivity contribution >= 4 is 0 Å². The van der Waals surface area contributed by atoms with Crippen molar-refractivity contribution in [2.45, 2.75) is 50.6 Å². The molecule has 0 amide bonds. The summed E-state index contributed by atoms with van der Waals surface area (Å²) in [5.74, 6) is -0.459. The molecular weight excluding hydrogens is 224 g/mol. The molecule has 1 fully saturated rings. The number of ether oxygens (including phenoxy) is 2. The van der Waals surface area contributed by atoms with E-state index in [1.165, 1.54) is 5.56 Å². The van der Waals surface area contributed by atoms with E-state index in [0.29, 0.717) is 0 Å². The summed E-state index contributed by atoms with van der Waals surface area (Å²) in [6.07, 6.45) is 8.77. The van der Waals surface area contributed by atoms with Crippen molar-refractivity contribution < 1.29 is 9.47 Å². The summed E-state index contributed by atoms with van der Waals surface area (Å²) >= 11 is 0. The lowest BCUT2D eigenvalue weighted by molar-refractivity contribution is -0.145. The van der Waals surface area contributed by atoms with Gasteiger partial charge in [-0.2, -0.15) is 0 Å². The molecule has 1 aliphatic carbocycles. The second-order valence-electron chi connectivity index (χ2n) is 5.12. The second kappa shape index (κ2) is 4.87. The van der Waals surface area contributed by atoms with Crippen LogP contribution in [0.3, 0.4) is 0 Å². The fourth-order valence-corrected chi connectivity index (χ4v) is 2.87. The maximum atomic E-state index is 6.27. The zero-order valence-electron chi connectivity index (χ0n) is 10.8. The normalized spacial score (nSPS) is 35.2. The van der Waals surface area contributed by atoms with Gasteiger partial charge in [-0.25, -0.2) is 0 Å². The maximum absolute atomic E-state index is 6.27. The Labute approximate surface area is 109 Å². The molecule has 0 N–H and O–H groups in total. The Morgan fingerprint density at radius 1 is 1.22 bits per heavy atom. The lowest BCUT2D eigenvalue weighted by Gasteiger charge is -2.27. The Morgan fingerprint density at radius 2 is 2.06 bits per heavy atom. The van der Waals surface area contributed by atoms with E-state index in [1.54, 1.807) is 0 Å². The quantitative estimate of drug-likeness (QED) is 0.732. The summed E-state index contributed by atoms with van der Waals surface area (Å²) < 4.78 is 12.5. The van der Waals surface area contributed by atoms with Gasteiger partial charge in [-0.1, -0.05) is 43.3 Å². The minimum atomic E-state index is -0.459. The molecule has 3 rings (SSSR count). The van der Waals surface area contributed by atoms with Crippen LogP contribution in [0.15, 0.2) is 42.5 Å². The van der Waals surface area contributed by atoms with Crippen LogP contribution in [-0.4, -0.2) is 11.9 Å². The Balaban J connectivity index is 1.87. The summed E-state index contributed by atoms with van der Waals surface area (Å²) in [5, 5.41) is 0. The predicted octanol–water partition coefficient (Wildman–Crippen LogP) is 3.99. The highest BCUT2D eigenvalue weighted by molar-refractivity contribution is 5.21. The van der Waals surface area contributed by atoms with Crippen molar-refractivity contribution in [3.05, 3.63) is 48.0 Å². The zero-order valence-corrected chi connectivity index (χ0v) is 10.8. The number of rotatable bonds is 2. The molecule has 2 nitrogen and oxygen atoms in total. The monoisotopic (exact) mass is 244 g/mol. The van der Waals surface area contributed by atoms with E-state index in [4.69, 9.17) is 9.47 Å². The van der Waals surface area contributed by atoms with Crippen molar-refractivity contribution in [1.29, 1.82) is 0 Å². The largest absolute Gasteiger partial charge is 0.340 e. The summed E-state index contributed by atoms with van der Waals surface area (Å²) in [4.78, 5) is 0. The standard InChI is InChI=1S/C16H20O2/c1-2-14-15(13-9-5-3-6-10-13)18-16(17-14)11-7-4-8-12-16/h3,5-7,9-11,14-15H,2,4,8,12H2,1H3/t14-,15-,16?/m1/s1. The minimum absolute atomic E-state index is 0.0685. The van der Waals surface area contributed by atoms with Gasteiger partial charge >= 0.3 is 0 Å². The van der Waals surface area contributed by atoms with Gasteiger partial charge < -0.3 is 9.47 Å². The molecule has 0 saturated carbocycles. The van der Waals surface area contributed by atoms with Crippen LogP contribution in [0.1, 0.15) is 44.3 Å². The third-order valence-electron chi connectivity index (χ3n) is 3.81. The lowest BCUT2D eigenvalue weighted by Crippen LogP contribution is -2.29. The van der Waals surface area contributed by atoms with Crippen LogP contribution >= 0.6 is 0 Å². The van der Waals surface area contributed by atoms with Crippen molar-refractivity contribution in [3.8, 4) is 0 Å². The van der Waals surface area contributed by atoms with E-state index in [-0.39, 0.29) is 12.2 Å². The first kappa shape index (κ1) is 11.9. The third kappa shape index (κ3) is 2.11. The van der Waals surface area contributed by atoms with Gasteiger partial charge in [0.1, 0.15) is 6.10 Å². The van der Waals surface area contributed by atoms with Crippen LogP contribution in [-0.2, 0) is 9.47 Å². The van der Waals surface area contributed by atoms with E-state index in [0.717, 1.165) is 25.7 Å². The Hall–Kier alpha value is -1.12. The predicted molar refractivity (Wildman–Crippen MR) is 71.2 cm³/mol. The summed E-state index contributed by atoms with van der Waals surface area (Å²) in [7, 11) is 0. The molecule has 2 aliphatic rings. The minimum Gasteiger partial charge on any atom is -0.340 e. The summed E-state index contributed by atoms with van der Waals surface area (Å²) in [5.41, 5.74) is 1.22. The number of benzene rings is 1. The first-order valence-corrected chi connectivity index (χ1v) is 6.91. The first-order valence-electron chi connectivity index (χ1n) is 6.91. The second-order valence-corrected chi connectivity index (χ2v) is 5.12. The van der Waals surface area contributed by atoms with E-state index < -0.39 is 5.79 Å². The van der Waals surface area contributed by atoms with Gasteiger partial charge in [0.25, 0.3) is 0 Å². The Kier molecular flexibility index (Phi) is 3.23. The van der Waals surface area contributed by atoms with Crippen LogP contribution in [0.4, 0.5) is 0 Å². The molecule has 0 aromatic heterocycles.